The second-order valence-corrected chi connectivity index (χ2v) is 3.92. The van der Waals surface area contributed by atoms with Crippen molar-refractivity contribution in [3.8, 4) is 0 Å². The summed E-state index contributed by atoms with van der Waals surface area (Å²) in [6.45, 7) is 0. The van der Waals surface area contributed by atoms with Crippen LogP contribution in [0.2, 0.25) is 0 Å². The molecule has 0 saturated heterocycles. The zero-order valence-electron chi connectivity index (χ0n) is 7.26. The van der Waals surface area contributed by atoms with E-state index in [0.717, 1.165) is 0 Å². The van der Waals surface area contributed by atoms with Crippen LogP contribution >= 0.6 is 15.9 Å². The Bertz CT molecular complexity index is 169. The van der Waals surface area contributed by atoms with Crippen LogP contribution in [0.4, 0.5) is 0 Å². The second kappa shape index (κ2) is 5.52. The van der Waals surface area contributed by atoms with Crippen LogP contribution in [0.15, 0.2) is 12.2 Å². The van der Waals surface area contributed by atoms with Crippen LogP contribution in [0, 0.1) is 5.92 Å². The molecule has 0 aromatic heterocycles. The van der Waals surface area contributed by atoms with Crippen molar-refractivity contribution in [1.82, 2.24) is 0 Å². The third-order valence-electron chi connectivity index (χ3n) is 2.34. The molecule has 0 bridgehead atoms. The first-order valence-electron chi connectivity index (χ1n) is 4.60. The highest BCUT2D eigenvalue weighted by atomic mass is 79.9. The maximum absolute atomic E-state index is 10.9. The highest BCUT2D eigenvalue weighted by molar-refractivity contribution is 9.09. The molecule has 1 saturated carbocycles. The quantitative estimate of drug-likeness (QED) is 0.538. The summed E-state index contributed by atoms with van der Waals surface area (Å²) in [6, 6.07) is 0. The van der Waals surface area contributed by atoms with Gasteiger partial charge >= 0.3 is 0 Å². The van der Waals surface area contributed by atoms with Gasteiger partial charge in [-0.25, -0.2) is 0 Å². The number of halogens is 1. The van der Waals surface area contributed by atoms with Gasteiger partial charge in [0.05, 0.1) is 5.33 Å². The van der Waals surface area contributed by atoms with Crippen molar-refractivity contribution in [2.24, 2.45) is 5.92 Å². The van der Waals surface area contributed by atoms with Gasteiger partial charge in [0.2, 0.25) is 0 Å². The Hall–Kier alpha value is -0.110. The summed E-state index contributed by atoms with van der Waals surface area (Å²) >= 11 is 3.14. The van der Waals surface area contributed by atoms with E-state index in [0.29, 0.717) is 11.2 Å². The number of carbonyl (C=O) groups excluding carboxylic acids is 1. The van der Waals surface area contributed by atoms with Gasteiger partial charge in [-0.1, -0.05) is 41.3 Å². The van der Waals surface area contributed by atoms with Gasteiger partial charge in [-0.05, 0) is 24.8 Å². The van der Waals surface area contributed by atoms with Gasteiger partial charge in [-0.3, -0.25) is 4.79 Å². The molecule has 1 aliphatic carbocycles. The first kappa shape index (κ1) is 9.97. The summed E-state index contributed by atoms with van der Waals surface area (Å²) in [5, 5.41) is 0.455. The lowest BCUT2D eigenvalue weighted by Crippen LogP contribution is -2.04. The molecule has 0 radical (unpaired) electrons. The number of ketones is 1. The topological polar surface area (TPSA) is 17.1 Å². The van der Waals surface area contributed by atoms with Gasteiger partial charge < -0.3 is 0 Å². The van der Waals surface area contributed by atoms with E-state index in [1.54, 1.807) is 6.08 Å². The fourth-order valence-corrected chi connectivity index (χ4v) is 1.80. The number of alkyl halides is 1. The van der Waals surface area contributed by atoms with Crippen LogP contribution < -0.4 is 0 Å². The third kappa shape index (κ3) is 3.53. The van der Waals surface area contributed by atoms with Crippen LogP contribution in [-0.4, -0.2) is 11.1 Å². The smallest absolute Gasteiger partial charge is 0.165 e. The summed E-state index contributed by atoms with van der Waals surface area (Å²) in [7, 11) is 0. The highest BCUT2D eigenvalue weighted by Crippen LogP contribution is 2.24. The Morgan fingerprint density at radius 2 is 2.00 bits per heavy atom. The average molecular weight is 231 g/mol. The van der Waals surface area contributed by atoms with Crippen LogP contribution in [0.5, 0.6) is 0 Å². The van der Waals surface area contributed by atoms with Crippen molar-refractivity contribution in [3.63, 3.8) is 0 Å². The van der Waals surface area contributed by atoms with E-state index in [1.807, 2.05) is 0 Å². The zero-order valence-corrected chi connectivity index (χ0v) is 8.85. The molecule has 0 N–H and O–H groups in total. The van der Waals surface area contributed by atoms with Gasteiger partial charge in [-0.15, -0.1) is 0 Å². The Morgan fingerprint density at radius 3 is 2.58 bits per heavy atom. The third-order valence-corrected chi connectivity index (χ3v) is 2.89. The molecule has 0 aromatic rings. The molecule has 0 amide bonds. The molecule has 68 valence electrons. The molecule has 1 fully saturated rings. The minimum atomic E-state index is 0.181. The molecule has 1 rings (SSSR count). The Balaban J connectivity index is 2.28. The van der Waals surface area contributed by atoms with Crippen LogP contribution in [0.3, 0.4) is 0 Å². The Kier molecular flexibility index (Phi) is 4.59. The van der Waals surface area contributed by atoms with Crippen molar-refractivity contribution < 1.29 is 4.79 Å². The Morgan fingerprint density at radius 1 is 1.33 bits per heavy atom. The van der Waals surface area contributed by atoms with Gasteiger partial charge in [-0.2, -0.15) is 0 Å². The maximum Gasteiger partial charge on any atom is 0.165 e. The number of carbonyl (C=O) groups is 1. The van der Waals surface area contributed by atoms with Crippen molar-refractivity contribution in [3.05, 3.63) is 12.2 Å². The lowest BCUT2D eigenvalue weighted by Gasteiger charge is -2.17. The number of allylic oxidation sites excluding steroid dienone is 2. The predicted octanol–water partition coefficient (Wildman–Crippen LogP) is 3.09. The fraction of sp³-hybridized carbons (Fsp3) is 0.700. The van der Waals surface area contributed by atoms with Gasteiger partial charge in [0.25, 0.3) is 0 Å². The lowest BCUT2D eigenvalue weighted by molar-refractivity contribution is -0.112. The van der Waals surface area contributed by atoms with E-state index in [1.165, 1.54) is 32.1 Å². The van der Waals surface area contributed by atoms with E-state index in [-0.39, 0.29) is 5.78 Å². The molecule has 0 unspecified atom stereocenters. The molecule has 0 heterocycles. The van der Waals surface area contributed by atoms with Crippen molar-refractivity contribution in [2.45, 2.75) is 32.1 Å². The van der Waals surface area contributed by atoms with Gasteiger partial charge in [0.1, 0.15) is 0 Å². The number of rotatable bonds is 3. The number of hydrogen-bond acceptors (Lipinski definition) is 1. The average Bonchev–Trinajstić information content (AvgIpc) is 2.16. The molecule has 0 spiro atoms. The number of hydrogen-bond donors (Lipinski definition) is 0. The maximum atomic E-state index is 10.9. The van der Waals surface area contributed by atoms with Gasteiger partial charge in [0.15, 0.2) is 5.78 Å². The minimum Gasteiger partial charge on any atom is -0.294 e. The van der Waals surface area contributed by atoms with Crippen LogP contribution in [-0.2, 0) is 4.79 Å². The van der Waals surface area contributed by atoms with E-state index in [2.05, 4.69) is 22.0 Å². The molecule has 0 aliphatic heterocycles. The SMILES string of the molecule is O=C(C=CC1CCCCC1)CBr. The largest absolute Gasteiger partial charge is 0.294 e. The first-order valence-corrected chi connectivity index (χ1v) is 5.72. The zero-order chi connectivity index (χ0) is 8.81. The van der Waals surface area contributed by atoms with Crippen molar-refractivity contribution in [2.75, 3.05) is 5.33 Å². The van der Waals surface area contributed by atoms with Gasteiger partial charge in [0, 0.05) is 0 Å². The summed E-state index contributed by atoms with van der Waals surface area (Å²) < 4.78 is 0. The standard InChI is InChI=1S/C10H15BrO/c11-8-10(12)7-6-9-4-2-1-3-5-9/h6-7,9H,1-5,8H2. The molecule has 0 aromatic carbocycles. The highest BCUT2D eigenvalue weighted by Gasteiger charge is 2.09. The molecule has 1 aliphatic rings. The normalized spacial score (nSPS) is 20.1. The van der Waals surface area contributed by atoms with E-state index in [4.69, 9.17) is 0 Å². The van der Waals surface area contributed by atoms with Crippen LogP contribution in [0.1, 0.15) is 32.1 Å². The summed E-state index contributed by atoms with van der Waals surface area (Å²) in [6.07, 6.45) is 10.4. The molecule has 0 atom stereocenters. The monoisotopic (exact) mass is 230 g/mol. The van der Waals surface area contributed by atoms with Crippen molar-refractivity contribution in [1.29, 1.82) is 0 Å². The first-order chi connectivity index (χ1) is 5.83. The van der Waals surface area contributed by atoms with E-state index < -0.39 is 0 Å². The van der Waals surface area contributed by atoms with Crippen molar-refractivity contribution >= 4 is 21.7 Å². The molecule has 2 heteroatoms. The van der Waals surface area contributed by atoms with Crippen LogP contribution in [0.25, 0.3) is 0 Å². The Labute approximate surface area is 82.4 Å². The molecular weight excluding hydrogens is 216 g/mol. The predicted molar refractivity (Wildman–Crippen MR) is 54.5 cm³/mol. The van der Waals surface area contributed by atoms with E-state index >= 15 is 0 Å². The summed E-state index contributed by atoms with van der Waals surface area (Å²) in [4.78, 5) is 10.9. The lowest BCUT2D eigenvalue weighted by atomic mass is 9.89. The molecular formula is C10H15BrO. The second-order valence-electron chi connectivity index (χ2n) is 3.36. The molecule has 12 heavy (non-hydrogen) atoms. The summed E-state index contributed by atoms with van der Waals surface area (Å²) in [5.74, 6) is 0.849. The van der Waals surface area contributed by atoms with E-state index in [9.17, 15) is 4.79 Å². The summed E-state index contributed by atoms with van der Waals surface area (Å²) in [5.41, 5.74) is 0. The fourth-order valence-electron chi connectivity index (χ4n) is 1.61. The molecule has 1 nitrogen and oxygen atoms in total. The minimum absolute atomic E-state index is 0.181.